The summed E-state index contributed by atoms with van der Waals surface area (Å²) < 4.78 is 30.7. The summed E-state index contributed by atoms with van der Waals surface area (Å²) in [5.74, 6) is 1.09. The maximum absolute atomic E-state index is 14.3. The van der Waals surface area contributed by atoms with Crippen molar-refractivity contribution in [2.24, 2.45) is 0 Å². The molecule has 1 aromatic heterocycles. The summed E-state index contributed by atoms with van der Waals surface area (Å²) in [6, 6.07) is 13.4. The van der Waals surface area contributed by atoms with Gasteiger partial charge in [-0.05, 0) is 53.6 Å². The largest absolute Gasteiger partial charge is 0.486 e. The molecule has 4 rings (SSSR count). The fourth-order valence-electron chi connectivity index (χ4n) is 2.86. The van der Waals surface area contributed by atoms with Crippen LogP contribution in [0.15, 0.2) is 67.0 Å². The van der Waals surface area contributed by atoms with Crippen LogP contribution in [0.25, 0.3) is 6.08 Å². The van der Waals surface area contributed by atoms with E-state index in [2.05, 4.69) is 10.3 Å². The van der Waals surface area contributed by atoms with E-state index in [4.69, 9.17) is 14.2 Å². The van der Waals surface area contributed by atoms with Crippen LogP contribution in [0.1, 0.15) is 11.1 Å². The van der Waals surface area contributed by atoms with Gasteiger partial charge in [0, 0.05) is 18.8 Å². The number of nitrogens with zero attached hydrogens (tertiary/aromatic N) is 1. The number of carbonyl (C=O) groups is 1. The normalized spacial score (nSPS) is 12.6. The molecule has 0 aliphatic carbocycles. The van der Waals surface area contributed by atoms with Gasteiger partial charge in [0.2, 0.25) is 5.91 Å². The highest BCUT2D eigenvalue weighted by molar-refractivity contribution is 5.91. The van der Waals surface area contributed by atoms with Crippen molar-refractivity contribution in [2.45, 2.75) is 6.54 Å². The van der Waals surface area contributed by atoms with Gasteiger partial charge in [-0.1, -0.05) is 12.1 Å². The molecule has 0 atom stereocenters. The number of hydrogen-bond acceptors (Lipinski definition) is 5. The molecule has 2 aromatic carbocycles. The quantitative estimate of drug-likeness (QED) is 0.624. The van der Waals surface area contributed by atoms with Gasteiger partial charge in [-0.25, -0.2) is 4.39 Å². The summed E-state index contributed by atoms with van der Waals surface area (Å²) in [5.41, 5.74) is 1.43. The van der Waals surface area contributed by atoms with Gasteiger partial charge in [-0.3, -0.25) is 9.78 Å². The zero-order chi connectivity index (χ0) is 20.8. The monoisotopic (exact) mass is 406 g/mol. The Morgan fingerprint density at radius 3 is 2.80 bits per heavy atom. The Morgan fingerprint density at radius 2 is 2.00 bits per heavy atom. The molecule has 0 radical (unpaired) electrons. The standard InChI is InChI=1S/C23H19FN2O4/c24-19-12-16(3-6-20(19)30-18-2-1-9-25-15-18)5-8-23(27)26-14-17-4-7-21-22(13-17)29-11-10-28-21/h1-9,12-13,15H,10-11,14H2,(H,26,27)/b8-5+. The van der Waals surface area contributed by atoms with Gasteiger partial charge in [0.15, 0.2) is 23.1 Å². The van der Waals surface area contributed by atoms with Crippen LogP contribution in [0.4, 0.5) is 4.39 Å². The average molecular weight is 406 g/mol. The highest BCUT2D eigenvalue weighted by Crippen LogP contribution is 2.30. The third-order valence-corrected chi connectivity index (χ3v) is 4.32. The Morgan fingerprint density at radius 1 is 1.13 bits per heavy atom. The molecule has 1 amide bonds. The molecule has 0 fully saturated rings. The third-order valence-electron chi connectivity index (χ3n) is 4.32. The fraction of sp³-hybridized carbons (Fsp3) is 0.130. The van der Waals surface area contributed by atoms with E-state index in [-0.39, 0.29) is 11.7 Å². The highest BCUT2D eigenvalue weighted by Gasteiger charge is 2.11. The van der Waals surface area contributed by atoms with Crippen molar-refractivity contribution >= 4 is 12.0 Å². The van der Waals surface area contributed by atoms with Crippen molar-refractivity contribution in [1.82, 2.24) is 10.3 Å². The zero-order valence-electron chi connectivity index (χ0n) is 16.0. The lowest BCUT2D eigenvalue weighted by Gasteiger charge is -2.18. The lowest BCUT2D eigenvalue weighted by molar-refractivity contribution is -0.116. The van der Waals surface area contributed by atoms with Crippen LogP contribution >= 0.6 is 0 Å². The first-order chi connectivity index (χ1) is 14.7. The third kappa shape index (κ3) is 4.94. The second-order valence-electron chi connectivity index (χ2n) is 6.51. The van der Waals surface area contributed by atoms with E-state index in [1.54, 1.807) is 24.4 Å². The molecule has 0 spiro atoms. The Kier molecular flexibility index (Phi) is 5.89. The maximum Gasteiger partial charge on any atom is 0.244 e. The number of halogens is 1. The predicted molar refractivity (Wildman–Crippen MR) is 109 cm³/mol. The number of aromatic nitrogens is 1. The first-order valence-electron chi connectivity index (χ1n) is 9.39. The SMILES string of the molecule is O=C(/C=C/c1ccc(Oc2cccnc2)c(F)c1)NCc1ccc2c(c1)OCCO2. The Labute approximate surface area is 172 Å². The summed E-state index contributed by atoms with van der Waals surface area (Å²) in [5, 5.41) is 2.79. The van der Waals surface area contributed by atoms with Crippen LogP contribution < -0.4 is 19.5 Å². The van der Waals surface area contributed by atoms with E-state index >= 15 is 0 Å². The van der Waals surface area contributed by atoms with Crippen molar-refractivity contribution in [3.8, 4) is 23.0 Å². The van der Waals surface area contributed by atoms with E-state index in [0.29, 0.717) is 42.6 Å². The molecule has 1 aliphatic rings. The summed E-state index contributed by atoms with van der Waals surface area (Å²) in [6.07, 6.45) is 6.00. The molecule has 0 saturated heterocycles. The second-order valence-corrected chi connectivity index (χ2v) is 6.51. The first kappa shape index (κ1) is 19.4. The molecule has 1 aliphatic heterocycles. The molecular formula is C23H19FN2O4. The van der Waals surface area contributed by atoms with E-state index in [0.717, 1.165) is 5.56 Å². The number of hydrogen-bond donors (Lipinski definition) is 1. The molecule has 0 unspecified atom stereocenters. The topological polar surface area (TPSA) is 69.7 Å². The molecule has 6 nitrogen and oxygen atoms in total. The zero-order valence-corrected chi connectivity index (χ0v) is 16.0. The van der Waals surface area contributed by atoms with E-state index in [1.165, 1.54) is 30.5 Å². The summed E-state index contributed by atoms with van der Waals surface area (Å²) in [4.78, 5) is 16.0. The number of carbonyl (C=O) groups excluding carboxylic acids is 1. The van der Waals surface area contributed by atoms with Crippen LogP contribution in [0, 0.1) is 5.82 Å². The molecule has 30 heavy (non-hydrogen) atoms. The molecule has 3 aromatic rings. The van der Waals surface area contributed by atoms with Crippen molar-refractivity contribution in [3.05, 3.63) is 83.9 Å². The van der Waals surface area contributed by atoms with Gasteiger partial charge in [0.25, 0.3) is 0 Å². The van der Waals surface area contributed by atoms with Crippen LogP contribution in [0.3, 0.4) is 0 Å². The molecule has 2 heterocycles. The molecular weight excluding hydrogens is 387 g/mol. The Bertz CT molecular complexity index is 1070. The van der Waals surface area contributed by atoms with Gasteiger partial charge < -0.3 is 19.5 Å². The Hall–Kier alpha value is -3.87. The van der Waals surface area contributed by atoms with Gasteiger partial charge in [-0.15, -0.1) is 0 Å². The van der Waals surface area contributed by atoms with Gasteiger partial charge in [-0.2, -0.15) is 0 Å². The smallest absolute Gasteiger partial charge is 0.244 e. The molecule has 0 bridgehead atoms. The van der Waals surface area contributed by atoms with E-state index in [1.807, 2.05) is 18.2 Å². The van der Waals surface area contributed by atoms with Gasteiger partial charge in [0.05, 0.1) is 6.20 Å². The van der Waals surface area contributed by atoms with Gasteiger partial charge in [0.1, 0.15) is 19.0 Å². The number of nitrogens with one attached hydrogen (secondary N) is 1. The van der Waals surface area contributed by atoms with Crippen molar-refractivity contribution in [1.29, 1.82) is 0 Å². The minimum absolute atomic E-state index is 0.0863. The summed E-state index contributed by atoms with van der Waals surface area (Å²) in [6.45, 7) is 1.38. The summed E-state index contributed by atoms with van der Waals surface area (Å²) >= 11 is 0. The van der Waals surface area contributed by atoms with Crippen LogP contribution in [-0.2, 0) is 11.3 Å². The molecule has 152 valence electrons. The number of fused-ring (bicyclic) bond motifs is 1. The second kappa shape index (κ2) is 9.09. The lowest BCUT2D eigenvalue weighted by Crippen LogP contribution is -2.20. The van der Waals surface area contributed by atoms with Crippen LogP contribution in [-0.4, -0.2) is 24.1 Å². The first-order valence-corrected chi connectivity index (χ1v) is 9.39. The van der Waals surface area contributed by atoms with Crippen molar-refractivity contribution < 1.29 is 23.4 Å². The van der Waals surface area contributed by atoms with Crippen molar-refractivity contribution in [2.75, 3.05) is 13.2 Å². The molecule has 0 saturated carbocycles. The maximum atomic E-state index is 14.3. The van der Waals surface area contributed by atoms with E-state index in [9.17, 15) is 9.18 Å². The van der Waals surface area contributed by atoms with E-state index < -0.39 is 5.82 Å². The number of benzene rings is 2. The minimum atomic E-state index is -0.530. The lowest BCUT2D eigenvalue weighted by atomic mass is 10.2. The molecule has 1 N–H and O–H groups in total. The number of amides is 1. The van der Waals surface area contributed by atoms with Crippen molar-refractivity contribution in [3.63, 3.8) is 0 Å². The Balaban J connectivity index is 1.33. The number of ether oxygens (including phenoxy) is 3. The average Bonchev–Trinajstić information content (AvgIpc) is 2.78. The predicted octanol–water partition coefficient (Wildman–Crippen LogP) is 4.11. The number of rotatable bonds is 6. The molecule has 7 heteroatoms. The minimum Gasteiger partial charge on any atom is -0.486 e. The van der Waals surface area contributed by atoms with Crippen LogP contribution in [0.2, 0.25) is 0 Å². The summed E-state index contributed by atoms with van der Waals surface area (Å²) in [7, 11) is 0. The van der Waals surface area contributed by atoms with Crippen LogP contribution in [0.5, 0.6) is 23.0 Å². The highest BCUT2D eigenvalue weighted by atomic mass is 19.1. The van der Waals surface area contributed by atoms with Gasteiger partial charge >= 0.3 is 0 Å². The number of pyridine rings is 1. The fourth-order valence-corrected chi connectivity index (χ4v) is 2.86.